The smallest absolute Gasteiger partial charge is 0.320 e. The highest BCUT2D eigenvalue weighted by Crippen LogP contribution is 2.30. The first-order chi connectivity index (χ1) is 7.09. The van der Waals surface area contributed by atoms with Gasteiger partial charge < -0.3 is 15.3 Å². The van der Waals surface area contributed by atoms with Gasteiger partial charge in [-0.3, -0.25) is 4.79 Å². The van der Waals surface area contributed by atoms with Crippen molar-refractivity contribution in [3.63, 3.8) is 0 Å². The number of nitrogens with one attached hydrogen (secondary N) is 1. The third-order valence-corrected chi connectivity index (χ3v) is 3.04. The third kappa shape index (κ3) is 4.62. The lowest BCUT2D eigenvalue weighted by Gasteiger charge is -2.28. The molecule has 4 heteroatoms. The minimum Gasteiger partial charge on any atom is -0.480 e. The van der Waals surface area contributed by atoms with Gasteiger partial charge in [-0.1, -0.05) is 19.3 Å². The molecule has 0 bridgehead atoms. The Labute approximate surface area is 91.6 Å². The highest BCUT2D eigenvalue weighted by Gasteiger charge is 2.25. The lowest BCUT2D eigenvalue weighted by atomic mass is 9.81. The second-order valence-corrected chi connectivity index (χ2v) is 4.68. The van der Waals surface area contributed by atoms with Crippen LogP contribution in [-0.4, -0.2) is 49.2 Å². The van der Waals surface area contributed by atoms with Crippen molar-refractivity contribution in [1.29, 1.82) is 0 Å². The molecule has 0 aromatic carbocycles. The summed E-state index contributed by atoms with van der Waals surface area (Å²) < 4.78 is 0. The van der Waals surface area contributed by atoms with E-state index in [1.54, 1.807) is 0 Å². The molecule has 88 valence electrons. The number of carbonyl (C=O) groups is 1. The van der Waals surface area contributed by atoms with Crippen LogP contribution in [0.1, 0.15) is 25.7 Å². The van der Waals surface area contributed by atoms with Crippen LogP contribution in [0.2, 0.25) is 0 Å². The molecule has 1 rings (SSSR count). The summed E-state index contributed by atoms with van der Waals surface area (Å²) >= 11 is 0. The predicted octanol–water partition coefficient (Wildman–Crippen LogP) is 0.781. The van der Waals surface area contributed by atoms with Crippen molar-refractivity contribution in [3.8, 4) is 0 Å². The van der Waals surface area contributed by atoms with Crippen molar-refractivity contribution in [2.75, 3.05) is 27.2 Å². The fourth-order valence-electron chi connectivity index (χ4n) is 1.80. The molecule has 1 fully saturated rings. The molecule has 1 aliphatic rings. The summed E-state index contributed by atoms with van der Waals surface area (Å²) in [5.74, 6) is -0.0707. The van der Waals surface area contributed by atoms with Crippen LogP contribution in [0.3, 0.4) is 0 Å². The summed E-state index contributed by atoms with van der Waals surface area (Å²) in [5.41, 5.74) is 0. The topological polar surface area (TPSA) is 52.6 Å². The molecule has 1 atom stereocenters. The highest BCUT2D eigenvalue weighted by molar-refractivity contribution is 5.73. The molecule has 0 amide bonds. The van der Waals surface area contributed by atoms with Crippen LogP contribution in [0, 0.1) is 5.92 Å². The van der Waals surface area contributed by atoms with E-state index in [1.807, 2.05) is 14.1 Å². The van der Waals surface area contributed by atoms with Crippen molar-refractivity contribution in [2.24, 2.45) is 5.92 Å². The molecule has 1 saturated carbocycles. The number of likely N-dealkylation sites (N-methyl/N-ethyl adjacent to an activating group) is 1. The maximum atomic E-state index is 11.0. The summed E-state index contributed by atoms with van der Waals surface area (Å²) in [6.45, 7) is 1.63. The van der Waals surface area contributed by atoms with E-state index in [9.17, 15) is 4.79 Å². The fourth-order valence-corrected chi connectivity index (χ4v) is 1.80. The van der Waals surface area contributed by atoms with E-state index < -0.39 is 5.97 Å². The van der Waals surface area contributed by atoms with E-state index >= 15 is 0 Å². The van der Waals surface area contributed by atoms with Gasteiger partial charge in [0.25, 0.3) is 0 Å². The molecule has 1 aliphatic carbocycles. The second kappa shape index (κ2) is 6.08. The van der Waals surface area contributed by atoms with E-state index in [1.165, 1.54) is 19.3 Å². The molecule has 15 heavy (non-hydrogen) atoms. The molecular formula is C11H22N2O2. The maximum absolute atomic E-state index is 11.0. The van der Waals surface area contributed by atoms with E-state index in [-0.39, 0.29) is 6.04 Å². The Bertz CT molecular complexity index is 203. The van der Waals surface area contributed by atoms with Crippen LogP contribution in [0.4, 0.5) is 0 Å². The van der Waals surface area contributed by atoms with E-state index in [0.717, 1.165) is 19.5 Å². The van der Waals surface area contributed by atoms with Gasteiger partial charge in [0.1, 0.15) is 6.04 Å². The van der Waals surface area contributed by atoms with Crippen LogP contribution in [0.5, 0.6) is 0 Å². The first-order valence-corrected chi connectivity index (χ1v) is 5.70. The second-order valence-electron chi connectivity index (χ2n) is 4.68. The zero-order valence-electron chi connectivity index (χ0n) is 9.70. The number of carboxylic acid groups (broad SMARTS) is 1. The van der Waals surface area contributed by atoms with Gasteiger partial charge in [0.2, 0.25) is 0 Å². The minimum atomic E-state index is -0.708. The molecule has 0 spiro atoms. The molecular weight excluding hydrogens is 192 g/mol. The van der Waals surface area contributed by atoms with Crippen LogP contribution in [0.25, 0.3) is 0 Å². The van der Waals surface area contributed by atoms with Crippen LogP contribution < -0.4 is 5.32 Å². The minimum absolute atomic E-state index is 0.352. The number of aliphatic carboxylic acids is 1. The van der Waals surface area contributed by atoms with Gasteiger partial charge in [-0.05, 0) is 26.4 Å². The number of hydrogen-bond acceptors (Lipinski definition) is 3. The van der Waals surface area contributed by atoms with Crippen LogP contribution >= 0.6 is 0 Å². The van der Waals surface area contributed by atoms with Gasteiger partial charge in [0.05, 0.1) is 0 Å². The van der Waals surface area contributed by atoms with Gasteiger partial charge in [0, 0.05) is 13.1 Å². The third-order valence-electron chi connectivity index (χ3n) is 3.04. The van der Waals surface area contributed by atoms with E-state index in [0.29, 0.717) is 5.92 Å². The monoisotopic (exact) mass is 214 g/mol. The number of rotatable bonds is 7. The normalized spacial score (nSPS) is 18.9. The van der Waals surface area contributed by atoms with Crippen molar-refractivity contribution in [1.82, 2.24) is 10.2 Å². The fraction of sp³-hybridized carbons (Fsp3) is 0.909. The highest BCUT2D eigenvalue weighted by atomic mass is 16.4. The van der Waals surface area contributed by atoms with Crippen molar-refractivity contribution in [3.05, 3.63) is 0 Å². The zero-order chi connectivity index (χ0) is 11.3. The van der Waals surface area contributed by atoms with Gasteiger partial charge in [-0.15, -0.1) is 0 Å². The molecule has 1 unspecified atom stereocenters. The zero-order valence-corrected chi connectivity index (χ0v) is 9.70. The molecule has 2 N–H and O–H groups in total. The van der Waals surface area contributed by atoms with Crippen LogP contribution in [-0.2, 0) is 4.79 Å². The van der Waals surface area contributed by atoms with Crippen molar-refractivity contribution >= 4 is 5.97 Å². The Hall–Kier alpha value is -0.610. The van der Waals surface area contributed by atoms with Gasteiger partial charge in [-0.25, -0.2) is 0 Å². The molecule has 4 nitrogen and oxygen atoms in total. The molecule has 0 aromatic rings. The van der Waals surface area contributed by atoms with Gasteiger partial charge >= 0.3 is 5.97 Å². The first kappa shape index (κ1) is 12.5. The van der Waals surface area contributed by atoms with Crippen molar-refractivity contribution < 1.29 is 9.90 Å². The number of nitrogens with zero attached hydrogens (tertiary/aromatic N) is 1. The Morgan fingerprint density at radius 3 is 2.60 bits per heavy atom. The van der Waals surface area contributed by atoms with E-state index in [2.05, 4.69) is 10.2 Å². The van der Waals surface area contributed by atoms with E-state index in [4.69, 9.17) is 5.11 Å². The maximum Gasteiger partial charge on any atom is 0.320 e. The SMILES string of the molecule is CN(C)CCNC(CC1CCC1)C(=O)O. The quantitative estimate of drug-likeness (QED) is 0.657. The molecule has 0 aromatic heterocycles. The summed E-state index contributed by atoms with van der Waals surface area (Å²) in [5, 5.41) is 12.1. The molecule has 0 radical (unpaired) electrons. The number of carboxylic acids is 1. The summed E-state index contributed by atoms with van der Waals surface area (Å²) in [7, 11) is 3.98. The largest absolute Gasteiger partial charge is 0.480 e. The Balaban J connectivity index is 2.20. The Morgan fingerprint density at radius 2 is 2.20 bits per heavy atom. The summed E-state index contributed by atoms with van der Waals surface area (Å²) in [4.78, 5) is 13.0. The lowest BCUT2D eigenvalue weighted by Crippen LogP contribution is -2.42. The average Bonchev–Trinajstić information content (AvgIpc) is 2.06. The summed E-state index contributed by atoms with van der Waals surface area (Å²) in [6.07, 6.45) is 4.48. The average molecular weight is 214 g/mol. The lowest BCUT2D eigenvalue weighted by molar-refractivity contribution is -0.140. The van der Waals surface area contributed by atoms with Crippen molar-refractivity contribution in [2.45, 2.75) is 31.7 Å². The first-order valence-electron chi connectivity index (χ1n) is 5.70. The van der Waals surface area contributed by atoms with Gasteiger partial charge in [0.15, 0.2) is 0 Å². The van der Waals surface area contributed by atoms with Crippen LogP contribution in [0.15, 0.2) is 0 Å². The Morgan fingerprint density at radius 1 is 1.53 bits per heavy atom. The Kier molecular flexibility index (Phi) is 5.05. The molecule has 0 saturated heterocycles. The number of hydrogen-bond donors (Lipinski definition) is 2. The predicted molar refractivity (Wildman–Crippen MR) is 59.9 cm³/mol. The standard InChI is InChI=1S/C11H22N2O2/c1-13(2)7-6-12-10(11(14)15)8-9-4-3-5-9/h9-10,12H,3-8H2,1-2H3,(H,14,15). The molecule has 0 aliphatic heterocycles. The molecule has 0 heterocycles. The van der Waals surface area contributed by atoms with Gasteiger partial charge in [-0.2, -0.15) is 0 Å². The summed E-state index contributed by atoms with van der Waals surface area (Å²) in [6, 6.07) is -0.352.